The Balaban J connectivity index is 1.56. The van der Waals surface area contributed by atoms with Gasteiger partial charge >= 0.3 is 0 Å². The molecule has 0 atom stereocenters. The maximum Gasteiger partial charge on any atom is 0.159 e. The number of nitrogens with zero attached hydrogens (tertiary/aromatic N) is 5. The second kappa shape index (κ2) is 6.43. The van der Waals surface area contributed by atoms with Crippen LogP contribution >= 0.6 is 27.3 Å². The molecular formula is C16H14BrN5S. The molecule has 1 aliphatic rings. The van der Waals surface area contributed by atoms with Gasteiger partial charge in [-0.1, -0.05) is 0 Å². The molecule has 0 spiro atoms. The van der Waals surface area contributed by atoms with Crippen LogP contribution in [0.5, 0.6) is 0 Å². The summed E-state index contributed by atoms with van der Waals surface area (Å²) in [7, 11) is 0. The number of rotatable bonds is 3. The van der Waals surface area contributed by atoms with Gasteiger partial charge in [-0.3, -0.25) is 9.88 Å². The number of halogens is 1. The fourth-order valence-electron chi connectivity index (χ4n) is 2.68. The highest BCUT2D eigenvalue weighted by Crippen LogP contribution is 2.23. The molecule has 0 aromatic carbocycles. The topological polar surface area (TPSA) is 54.8 Å². The first kappa shape index (κ1) is 14.9. The Bertz CT molecular complexity index is 820. The molecule has 23 heavy (non-hydrogen) atoms. The van der Waals surface area contributed by atoms with Gasteiger partial charge in [0, 0.05) is 42.6 Å². The Labute approximate surface area is 146 Å². The monoisotopic (exact) mass is 387 g/mol. The summed E-state index contributed by atoms with van der Waals surface area (Å²) in [5.41, 5.74) is 3.37. The minimum absolute atomic E-state index is 0.769. The average molecular weight is 388 g/mol. The van der Waals surface area contributed by atoms with Crippen molar-refractivity contribution in [2.24, 2.45) is 0 Å². The van der Waals surface area contributed by atoms with Crippen molar-refractivity contribution in [3.8, 4) is 11.4 Å². The largest absolute Gasteiger partial charge is 0.290 e. The summed E-state index contributed by atoms with van der Waals surface area (Å²) >= 11 is 5.10. The normalized spacial score (nSPS) is 14.7. The van der Waals surface area contributed by atoms with Crippen LogP contribution in [-0.2, 0) is 19.5 Å². The van der Waals surface area contributed by atoms with Crippen molar-refractivity contribution in [2.45, 2.75) is 19.5 Å². The molecule has 0 aliphatic carbocycles. The van der Waals surface area contributed by atoms with E-state index >= 15 is 0 Å². The van der Waals surface area contributed by atoms with Crippen LogP contribution in [0.3, 0.4) is 0 Å². The smallest absolute Gasteiger partial charge is 0.159 e. The Kier molecular flexibility index (Phi) is 4.15. The predicted molar refractivity (Wildman–Crippen MR) is 92.9 cm³/mol. The van der Waals surface area contributed by atoms with Crippen LogP contribution in [0.15, 0.2) is 40.7 Å². The molecule has 0 amide bonds. The Hall–Kier alpha value is -1.70. The van der Waals surface area contributed by atoms with E-state index in [-0.39, 0.29) is 0 Å². The highest BCUT2D eigenvalue weighted by atomic mass is 79.9. The van der Waals surface area contributed by atoms with Gasteiger partial charge in [-0.2, -0.15) is 0 Å². The second-order valence-electron chi connectivity index (χ2n) is 5.43. The van der Waals surface area contributed by atoms with Crippen molar-refractivity contribution < 1.29 is 0 Å². The van der Waals surface area contributed by atoms with Gasteiger partial charge < -0.3 is 0 Å². The van der Waals surface area contributed by atoms with Crippen LogP contribution in [-0.4, -0.2) is 31.4 Å². The van der Waals surface area contributed by atoms with Gasteiger partial charge in [0.15, 0.2) is 5.82 Å². The van der Waals surface area contributed by atoms with E-state index in [1.54, 1.807) is 23.7 Å². The van der Waals surface area contributed by atoms with Crippen LogP contribution in [0.1, 0.15) is 16.3 Å². The maximum atomic E-state index is 4.77. The van der Waals surface area contributed by atoms with E-state index in [0.717, 1.165) is 52.7 Å². The van der Waals surface area contributed by atoms with Gasteiger partial charge in [0.05, 0.1) is 12.2 Å². The van der Waals surface area contributed by atoms with E-state index in [2.05, 4.69) is 35.8 Å². The van der Waals surface area contributed by atoms with Gasteiger partial charge in [0.1, 0.15) is 9.61 Å². The number of fused-ring (bicyclic) bond motifs is 1. The summed E-state index contributed by atoms with van der Waals surface area (Å²) in [6.45, 7) is 2.72. The van der Waals surface area contributed by atoms with Crippen LogP contribution in [0.4, 0.5) is 0 Å². The molecule has 7 heteroatoms. The van der Waals surface area contributed by atoms with Crippen LogP contribution in [0.2, 0.25) is 0 Å². The van der Waals surface area contributed by atoms with E-state index < -0.39 is 0 Å². The first-order valence-electron chi connectivity index (χ1n) is 7.35. The van der Waals surface area contributed by atoms with Crippen molar-refractivity contribution in [3.05, 3.63) is 57.0 Å². The summed E-state index contributed by atoms with van der Waals surface area (Å²) in [6, 6.07) is 3.88. The third kappa shape index (κ3) is 3.31. The molecule has 0 fully saturated rings. The first-order chi connectivity index (χ1) is 11.3. The molecule has 116 valence electrons. The molecule has 0 N–H and O–H groups in total. The van der Waals surface area contributed by atoms with E-state index in [1.807, 2.05) is 23.7 Å². The Morgan fingerprint density at radius 2 is 2.09 bits per heavy atom. The molecule has 4 rings (SSSR count). The molecule has 3 aromatic rings. The van der Waals surface area contributed by atoms with E-state index in [1.165, 1.54) is 5.56 Å². The molecular weight excluding hydrogens is 374 g/mol. The fourth-order valence-corrected chi connectivity index (χ4v) is 3.99. The number of hydrogen-bond donors (Lipinski definition) is 0. The lowest BCUT2D eigenvalue weighted by Gasteiger charge is -2.27. The third-order valence-electron chi connectivity index (χ3n) is 3.85. The van der Waals surface area contributed by atoms with E-state index in [9.17, 15) is 0 Å². The quantitative estimate of drug-likeness (QED) is 0.689. The minimum Gasteiger partial charge on any atom is -0.290 e. The summed E-state index contributed by atoms with van der Waals surface area (Å²) in [4.78, 5) is 20.2. The number of aromatic nitrogens is 4. The zero-order chi connectivity index (χ0) is 15.6. The van der Waals surface area contributed by atoms with Gasteiger partial charge in [-0.05, 0) is 40.0 Å². The van der Waals surface area contributed by atoms with E-state index in [0.29, 0.717) is 0 Å². The van der Waals surface area contributed by atoms with Crippen molar-refractivity contribution in [1.29, 1.82) is 0 Å². The number of hydrogen-bond acceptors (Lipinski definition) is 6. The van der Waals surface area contributed by atoms with Crippen molar-refractivity contribution in [3.63, 3.8) is 0 Å². The zero-order valence-corrected chi connectivity index (χ0v) is 14.7. The first-order valence-corrected chi connectivity index (χ1v) is 9.02. The molecule has 3 aromatic heterocycles. The van der Waals surface area contributed by atoms with Crippen molar-refractivity contribution >= 4 is 27.3 Å². The molecule has 0 saturated carbocycles. The molecule has 1 aliphatic heterocycles. The second-order valence-corrected chi connectivity index (χ2v) is 7.18. The zero-order valence-electron chi connectivity index (χ0n) is 12.3. The van der Waals surface area contributed by atoms with Crippen molar-refractivity contribution in [1.82, 2.24) is 24.8 Å². The maximum absolute atomic E-state index is 4.77. The standard InChI is InChI=1S/C16H14BrN5S/c17-14-10-23-15(21-14)9-22-6-3-12-7-19-16(20-13(12)8-22)11-1-4-18-5-2-11/h1-2,4-5,7,10H,3,6,8-9H2. The van der Waals surface area contributed by atoms with Crippen LogP contribution in [0, 0.1) is 0 Å². The van der Waals surface area contributed by atoms with Crippen LogP contribution < -0.4 is 0 Å². The van der Waals surface area contributed by atoms with Gasteiger partial charge in [-0.15, -0.1) is 11.3 Å². The van der Waals surface area contributed by atoms with Gasteiger partial charge in [0.25, 0.3) is 0 Å². The SMILES string of the molecule is Brc1csc(CN2CCc3cnc(-c4ccncc4)nc3C2)n1. The van der Waals surface area contributed by atoms with Crippen LogP contribution in [0.25, 0.3) is 11.4 Å². The molecule has 5 nitrogen and oxygen atoms in total. The van der Waals surface area contributed by atoms with Gasteiger partial charge in [0.2, 0.25) is 0 Å². The highest BCUT2D eigenvalue weighted by molar-refractivity contribution is 9.10. The summed E-state index contributed by atoms with van der Waals surface area (Å²) in [5.74, 6) is 0.769. The van der Waals surface area contributed by atoms with Crippen molar-refractivity contribution in [2.75, 3.05) is 6.54 Å². The summed E-state index contributed by atoms with van der Waals surface area (Å²) in [5, 5.41) is 3.15. The lowest BCUT2D eigenvalue weighted by atomic mass is 10.1. The lowest BCUT2D eigenvalue weighted by Crippen LogP contribution is -2.31. The summed E-state index contributed by atoms with van der Waals surface area (Å²) in [6.07, 6.45) is 6.49. The number of pyridine rings is 1. The summed E-state index contributed by atoms with van der Waals surface area (Å²) < 4.78 is 0.914. The molecule has 0 bridgehead atoms. The minimum atomic E-state index is 0.769. The Morgan fingerprint density at radius 1 is 1.22 bits per heavy atom. The predicted octanol–water partition coefficient (Wildman–Crippen LogP) is 3.32. The fraction of sp³-hybridized carbons (Fsp3) is 0.250. The molecule has 0 unspecified atom stereocenters. The molecule has 0 radical (unpaired) electrons. The number of thiazole rings is 1. The third-order valence-corrected chi connectivity index (χ3v) is 5.39. The van der Waals surface area contributed by atoms with Gasteiger partial charge in [-0.25, -0.2) is 15.0 Å². The highest BCUT2D eigenvalue weighted by Gasteiger charge is 2.19. The lowest BCUT2D eigenvalue weighted by molar-refractivity contribution is 0.241. The molecule has 4 heterocycles. The average Bonchev–Trinajstić information content (AvgIpc) is 3.00. The van der Waals surface area contributed by atoms with E-state index in [4.69, 9.17) is 4.98 Å². The molecule has 0 saturated heterocycles. The Morgan fingerprint density at radius 3 is 2.87 bits per heavy atom.